The molecule has 2 unspecified atom stereocenters. The predicted molar refractivity (Wildman–Crippen MR) is 111 cm³/mol. The van der Waals surface area contributed by atoms with Crippen molar-refractivity contribution in [2.75, 3.05) is 25.0 Å². The number of likely N-dealkylation sites (tertiary alicyclic amines) is 1. The summed E-state index contributed by atoms with van der Waals surface area (Å²) in [6, 6.07) is 6.37. The van der Waals surface area contributed by atoms with E-state index in [0.29, 0.717) is 18.1 Å². The average Bonchev–Trinajstić information content (AvgIpc) is 3.16. The second-order valence-electron chi connectivity index (χ2n) is 9.71. The number of fused-ring (bicyclic) bond motifs is 4. The molecular weight excluding hydrogens is 369 g/mol. The highest BCUT2D eigenvalue weighted by atomic mass is 19.1. The number of amides is 1. The van der Waals surface area contributed by atoms with Gasteiger partial charge in [0.1, 0.15) is 5.82 Å². The molecule has 4 aliphatic rings. The minimum absolute atomic E-state index is 0.0642. The molecule has 1 aromatic rings. The second kappa shape index (κ2) is 7.15. The summed E-state index contributed by atoms with van der Waals surface area (Å²) >= 11 is 0. The van der Waals surface area contributed by atoms with Gasteiger partial charge in [0, 0.05) is 35.8 Å². The smallest absolute Gasteiger partial charge is 0.410 e. The molecule has 4 heterocycles. The van der Waals surface area contributed by atoms with Crippen molar-refractivity contribution in [1.82, 2.24) is 9.80 Å². The summed E-state index contributed by atoms with van der Waals surface area (Å²) in [6.07, 6.45) is 6.26. The number of halogens is 1. The van der Waals surface area contributed by atoms with E-state index in [2.05, 4.69) is 10.2 Å². The van der Waals surface area contributed by atoms with Gasteiger partial charge < -0.3 is 19.9 Å². The number of rotatable bonds is 2. The Labute approximate surface area is 172 Å². The lowest BCUT2D eigenvalue weighted by Gasteiger charge is -2.47. The van der Waals surface area contributed by atoms with Crippen molar-refractivity contribution in [1.29, 1.82) is 0 Å². The van der Waals surface area contributed by atoms with E-state index in [9.17, 15) is 9.18 Å². The maximum absolute atomic E-state index is 13.9. The summed E-state index contributed by atoms with van der Waals surface area (Å²) < 4.78 is 19.4. The Hall–Kier alpha value is -1.82. The number of nitrogens with one attached hydrogen (secondary N) is 1. The first-order valence-corrected chi connectivity index (χ1v) is 11.2. The topological polar surface area (TPSA) is 44.8 Å². The third-order valence-corrected chi connectivity index (χ3v) is 7.70. The predicted octanol–water partition coefficient (Wildman–Crippen LogP) is 4.13. The van der Waals surface area contributed by atoms with Crippen LogP contribution in [0.15, 0.2) is 18.2 Å². The number of benzene rings is 1. The van der Waals surface area contributed by atoms with E-state index >= 15 is 0 Å². The Bertz CT molecular complexity index is 776. The lowest BCUT2D eigenvalue weighted by molar-refractivity contribution is 0.0178. The van der Waals surface area contributed by atoms with E-state index in [1.54, 1.807) is 12.1 Å². The van der Waals surface area contributed by atoms with E-state index in [0.717, 1.165) is 63.8 Å². The normalized spacial score (nSPS) is 30.5. The van der Waals surface area contributed by atoms with Crippen LogP contribution in [0.5, 0.6) is 0 Å². The quantitative estimate of drug-likeness (QED) is 0.810. The summed E-state index contributed by atoms with van der Waals surface area (Å²) in [4.78, 5) is 17.2. The highest BCUT2D eigenvalue weighted by Crippen LogP contribution is 2.46. The standard InChI is InChI=1S/C23H32FN3O2/c1-15(2)29-22(28)27-17-4-5-18(27)13-19(12-17)26-9-7-23(8-10-26)14-25-21-6-3-16(24)11-20(21)23/h3,6,11,15,17-19,25H,4-5,7-10,12-14H2,1-2H3. The summed E-state index contributed by atoms with van der Waals surface area (Å²) in [5.41, 5.74) is 2.35. The van der Waals surface area contributed by atoms with Crippen molar-refractivity contribution in [3.05, 3.63) is 29.6 Å². The molecule has 158 valence electrons. The molecule has 3 fully saturated rings. The Kier molecular flexibility index (Phi) is 4.72. The number of anilines is 1. The first-order chi connectivity index (χ1) is 13.9. The van der Waals surface area contributed by atoms with Crippen molar-refractivity contribution in [2.24, 2.45) is 0 Å². The van der Waals surface area contributed by atoms with Crippen LogP contribution in [0, 0.1) is 5.82 Å². The molecular formula is C23H32FN3O2. The molecule has 4 aliphatic heterocycles. The number of nitrogens with zero attached hydrogens (tertiary/aromatic N) is 2. The highest BCUT2D eigenvalue weighted by Gasteiger charge is 2.48. The molecule has 1 N–H and O–H groups in total. The average molecular weight is 402 g/mol. The van der Waals surface area contributed by atoms with Crippen LogP contribution in [0.1, 0.15) is 57.9 Å². The van der Waals surface area contributed by atoms with Crippen LogP contribution < -0.4 is 5.32 Å². The number of carbonyl (C=O) groups is 1. The third-order valence-electron chi connectivity index (χ3n) is 7.70. The van der Waals surface area contributed by atoms with Gasteiger partial charge in [-0.2, -0.15) is 0 Å². The minimum atomic E-state index is -0.133. The van der Waals surface area contributed by atoms with E-state index in [4.69, 9.17) is 4.74 Å². The Morgan fingerprint density at radius 1 is 1.17 bits per heavy atom. The third kappa shape index (κ3) is 3.29. The van der Waals surface area contributed by atoms with Gasteiger partial charge in [-0.05, 0) is 89.2 Å². The van der Waals surface area contributed by atoms with Crippen molar-refractivity contribution in [3.8, 4) is 0 Å². The van der Waals surface area contributed by atoms with Crippen LogP contribution in [-0.4, -0.2) is 59.8 Å². The van der Waals surface area contributed by atoms with Crippen LogP contribution >= 0.6 is 0 Å². The number of carbonyl (C=O) groups excluding carboxylic acids is 1. The van der Waals surface area contributed by atoms with Crippen LogP contribution in [0.4, 0.5) is 14.9 Å². The fourth-order valence-electron chi connectivity index (χ4n) is 6.24. The van der Waals surface area contributed by atoms with Gasteiger partial charge in [0.05, 0.1) is 6.10 Å². The van der Waals surface area contributed by atoms with Gasteiger partial charge in [-0.15, -0.1) is 0 Å². The monoisotopic (exact) mass is 401 g/mol. The highest BCUT2D eigenvalue weighted by molar-refractivity contribution is 5.69. The first kappa shape index (κ1) is 19.2. The fraction of sp³-hybridized carbons (Fsp3) is 0.696. The van der Waals surface area contributed by atoms with Crippen molar-refractivity contribution < 1.29 is 13.9 Å². The molecule has 5 rings (SSSR count). The fourth-order valence-corrected chi connectivity index (χ4v) is 6.24. The van der Waals surface area contributed by atoms with Crippen LogP contribution in [-0.2, 0) is 10.2 Å². The van der Waals surface area contributed by atoms with Crippen molar-refractivity contribution >= 4 is 11.8 Å². The summed E-state index contributed by atoms with van der Waals surface area (Å²) in [7, 11) is 0. The van der Waals surface area contributed by atoms with E-state index < -0.39 is 0 Å². The minimum Gasteiger partial charge on any atom is -0.447 e. The molecule has 0 aromatic heterocycles. The molecule has 0 saturated carbocycles. The molecule has 2 bridgehead atoms. The summed E-state index contributed by atoms with van der Waals surface area (Å²) in [5, 5.41) is 3.50. The maximum atomic E-state index is 13.9. The van der Waals surface area contributed by atoms with Gasteiger partial charge in [0.15, 0.2) is 0 Å². The lowest BCUT2D eigenvalue weighted by Crippen LogP contribution is -2.55. The van der Waals surface area contributed by atoms with Gasteiger partial charge in [0.25, 0.3) is 0 Å². The first-order valence-electron chi connectivity index (χ1n) is 11.2. The second-order valence-corrected chi connectivity index (χ2v) is 9.71. The van der Waals surface area contributed by atoms with E-state index in [1.165, 1.54) is 5.56 Å². The lowest BCUT2D eigenvalue weighted by atomic mass is 9.73. The van der Waals surface area contributed by atoms with E-state index in [1.807, 2.05) is 24.8 Å². The largest absolute Gasteiger partial charge is 0.447 e. The van der Waals surface area contributed by atoms with Gasteiger partial charge >= 0.3 is 6.09 Å². The molecule has 1 amide bonds. The molecule has 1 aromatic carbocycles. The molecule has 5 nitrogen and oxygen atoms in total. The number of piperidine rings is 2. The molecule has 6 heteroatoms. The summed E-state index contributed by atoms with van der Waals surface area (Å²) in [6.45, 7) is 6.86. The molecule has 29 heavy (non-hydrogen) atoms. The molecule has 1 spiro atoms. The van der Waals surface area contributed by atoms with Crippen LogP contribution in [0.3, 0.4) is 0 Å². The molecule has 0 radical (unpaired) electrons. The molecule has 3 saturated heterocycles. The number of hydrogen-bond donors (Lipinski definition) is 1. The van der Waals surface area contributed by atoms with Crippen molar-refractivity contribution in [3.63, 3.8) is 0 Å². The maximum Gasteiger partial charge on any atom is 0.410 e. The van der Waals surface area contributed by atoms with Crippen LogP contribution in [0.2, 0.25) is 0 Å². The summed E-state index contributed by atoms with van der Waals surface area (Å²) in [5.74, 6) is -0.133. The van der Waals surface area contributed by atoms with Gasteiger partial charge in [0.2, 0.25) is 0 Å². The molecule has 2 atom stereocenters. The Morgan fingerprint density at radius 3 is 2.52 bits per heavy atom. The Morgan fingerprint density at radius 2 is 1.86 bits per heavy atom. The van der Waals surface area contributed by atoms with Crippen molar-refractivity contribution in [2.45, 2.75) is 82.0 Å². The van der Waals surface area contributed by atoms with E-state index in [-0.39, 0.29) is 23.4 Å². The SMILES string of the molecule is CC(C)OC(=O)N1C2CCC1CC(N1CCC3(CC1)CNc1ccc(F)cc13)C2. The number of ether oxygens (including phenoxy) is 1. The Balaban J connectivity index is 1.24. The van der Waals surface area contributed by atoms with Gasteiger partial charge in [-0.25, -0.2) is 9.18 Å². The zero-order chi connectivity index (χ0) is 20.2. The molecule has 0 aliphatic carbocycles. The zero-order valence-corrected chi connectivity index (χ0v) is 17.5. The van der Waals surface area contributed by atoms with Crippen LogP contribution in [0.25, 0.3) is 0 Å². The zero-order valence-electron chi connectivity index (χ0n) is 17.5. The number of hydrogen-bond acceptors (Lipinski definition) is 4. The van der Waals surface area contributed by atoms with Gasteiger partial charge in [-0.1, -0.05) is 0 Å². The van der Waals surface area contributed by atoms with Gasteiger partial charge in [-0.3, -0.25) is 0 Å².